The zero-order valence-corrected chi connectivity index (χ0v) is 7.81. The van der Waals surface area contributed by atoms with Gasteiger partial charge in [-0.05, 0) is 33.2 Å². The highest BCUT2D eigenvalue weighted by atomic mass is 16.5. The topological polar surface area (TPSA) is 21.3 Å². The number of methoxy groups -OCH3 is 1. The summed E-state index contributed by atoms with van der Waals surface area (Å²) in [6, 6.07) is 0.543. The molecule has 1 N–H and O–H groups in total. The Labute approximate surface area is 69.3 Å². The molecule has 1 aliphatic heterocycles. The summed E-state index contributed by atoms with van der Waals surface area (Å²) in [5.74, 6) is 0. The van der Waals surface area contributed by atoms with Gasteiger partial charge in [0.05, 0.1) is 5.60 Å². The second-order valence-electron chi connectivity index (χ2n) is 3.81. The van der Waals surface area contributed by atoms with E-state index in [1.165, 1.54) is 19.3 Å². The molecule has 2 heteroatoms. The van der Waals surface area contributed by atoms with Gasteiger partial charge in [0.2, 0.25) is 0 Å². The van der Waals surface area contributed by atoms with Gasteiger partial charge in [-0.25, -0.2) is 0 Å². The van der Waals surface area contributed by atoms with Crippen LogP contribution in [-0.2, 0) is 4.74 Å². The van der Waals surface area contributed by atoms with Gasteiger partial charge in [-0.2, -0.15) is 0 Å². The molecule has 0 aromatic carbocycles. The molecule has 1 rings (SSSR count). The van der Waals surface area contributed by atoms with E-state index >= 15 is 0 Å². The van der Waals surface area contributed by atoms with E-state index in [4.69, 9.17) is 4.74 Å². The number of piperidine rings is 1. The first-order valence-electron chi connectivity index (χ1n) is 4.45. The molecule has 1 atom stereocenters. The van der Waals surface area contributed by atoms with Crippen LogP contribution >= 0.6 is 0 Å². The van der Waals surface area contributed by atoms with Crippen molar-refractivity contribution >= 4 is 0 Å². The number of nitrogens with one attached hydrogen (secondary N) is 1. The largest absolute Gasteiger partial charge is 0.377 e. The first kappa shape index (κ1) is 9.01. The van der Waals surface area contributed by atoms with Crippen LogP contribution in [0.4, 0.5) is 0 Å². The van der Waals surface area contributed by atoms with Crippen LogP contribution in [0.3, 0.4) is 0 Å². The lowest BCUT2D eigenvalue weighted by Gasteiger charge is -2.36. The Bertz CT molecular complexity index is 117. The third-order valence-electron chi connectivity index (χ3n) is 2.68. The maximum atomic E-state index is 5.41. The van der Waals surface area contributed by atoms with Crippen molar-refractivity contribution in [3.63, 3.8) is 0 Å². The van der Waals surface area contributed by atoms with E-state index in [0.29, 0.717) is 6.04 Å². The van der Waals surface area contributed by atoms with Crippen molar-refractivity contribution in [1.82, 2.24) is 5.32 Å². The van der Waals surface area contributed by atoms with Crippen LogP contribution in [0.1, 0.15) is 33.1 Å². The van der Waals surface area contributed by atoms with Crippen LogP contribution in [0, 0.1) is 0 Å². The van der Waals surface area contributed by atoms with Crippen molar-refractivity contribution < 1.29 is 4.74 Å². The van der Waals surface area contributed by atoms with Crippen molar-refractivity contribution in [3.8, 4) is 0 Å². The normalized spacial score (nSPS) is 27.0. The Morgan fingerprint density at radius 2 is 2.09 bits per heavy atom. The molecule has 0 unspecified atom stereocenters. The zero-order chi connectivity index (χ0) is 8.32. The summed E-state index contributed by atoms with van der Waals surface area (Å²) in [5, 5.41) is 3.49. The molecule has 1 heterocycles. The summed E-state index contributed by atoms with van der Waals surface area (Å²) in [6.07, 6.45) is 3.90. The van der Waals surface area contributed by atoms with Crippen LogP contribution in [0.15, 0.2) is 0 Å². The lowest BCUT2D eigenvalue weighted by Crippen LogP contribution is -2.50. The van der Waals surface area contributed by atoms with Crippen LogP contribution in [0.25, 0.3) is 0 Å². The molecule has 0 spiro atoms. The molecule has 0 radical (unpaired) electrons. The molecule has 0 saturated carbocycles. The lowest BCUT2D eigenvalue weighted by atomic mass is 9.91. The van der Waals surface area contributed by atoms with Crippen LogP contribution < -0.4 is 5.32 Å². The number of rotatable bonds is 2. The minimum atomic E-state index is 0.000417. The van der Waals surface area contributed by atoms with E-state index < -0.39 is 0 Å². The fourth-order valence-corrected chi connectivity index (χ4v) is 1.59. The van der Waals surface area contributed by atoms with Crippen molar-refractivity contribution in [2.24, 2.45) is 0 Å². The minimum Gasteiger partial charge on any atom is -0.377 e. The summed E-state index contributed by atoms with van der Waals surface area (Å²) in [4.78, 5) is 0. The van der Waals surface area contributed by atoms with Gasteiger partial charge in [0.15, 0.2) is 0 Å². The number of hydrogen-bond acceptors (Lipinski definition) is 2. The maximum absolute atomic E-state index is 5.41. The van der Waals surface area contributed by atoms with E-state index in [1.807, 2.05) is 0 Å². The quantitative estimate of drug-likeness (QED) is 0.656. The van der Waals surface area contributed by atoms with E-state index in [1.54, 1.807) is 7.11 Å². The predicted molar refractivity (Wildman–Crippen MR) is 46.7 cm³/mol. The molecule has 1 fully saturated rings. The van der Waals surface area contributed by atoms with Gasteiger partial charge in [-0.1, -0.05) is 6.42 Å². The molecule has 2 nitrogen and oxygen atoms in total. The molecule has 0 amide bonds. The van der Waals surface area contributed by atoms with E-state index in [2.05, 4.69) is 19.2 Å². The lowest BCUT2D eigenvalue weighted by molar-refractivity contribution is -0.0172. The van der Waals surface area contributed by atoms with Gasteiger partial charge in [-0.3, -0.25) is 0 Å². The van der Waals surface area contributed by atoms with Crippen molar-refractivity contribution in [3.05, 3.63) is 0 Å². The van der Waals surface area contributed by atoms with E-state index in [-0.39, 0.29) is 5.60 Å². The summed E-state index contributed by atoms with van der Waals surface area (Å²) in [7, 11) is 1.79. The predicted octanol–water partition coefficient (Wildman–Crippen LogP) is 1.55. The molecule has 11 heavy (non-hydrogen) atoms. The molecule has 0 aromatic rings. The Morgan fingerprint density at radius 3 is 2.55 bits per heavy atom. The Balaban J connectivity index is 2.43. The second kappa shape index (κ2) is 3.55. The van der Waals surface area contributed by atoms with Crippen molar-refractivity contribution in [2.75, 3.05) is 13.7 Å². The summed E-state index contributed by atoms with van der Waals surface area (Å²) in [6.45, 7) is 5.45. The molecule has 66 valence electrons. The van der Waals surface area contributed by atoms with Gasteiger partial charge in [0.1, 0.15) is 0 Å². The molecule has 1 saturated heterocycles. The molecule has 0 aliphatic carbocycles. The smallest absolute Gasteiger partial charge is 0.0774 e. The van der Waals surface area contributed by atoms with Gasteiger partial charge in [0, 0.05) is 13.2 Å². The Morgan fingerprint density at radius 1 is 1.36 bits per heavy atom. The third kappa shape index (κ3) is 2.17. The third-order valence-corrected chi connectivity index (χ3v) is 2.68. The summed E-state index contributed by atoms with van der Waals surface area (Å²) >= 11 is 0. The maximum Gasteiger partial charge on any atom is 0.0774 e. The molecular formula is C9H19NO. The first-order chi connectivity index (χ1) is 5.17. The Kier molecular flexibility index (Phi) is 2.90. The fraction of sp³-hybridized carbons (Fsp3) is 1.00. The first-order valence-corrected chi connectivity index (χ1v) is 4.45. The second-order valence-corrected chi connectivity index (χ2v) is 3.81. The van der Waals surface area contributed by atoms with Gasteiger partial charge in [-0.15, -0.1) is 0 Å². The van der Waals surface area contributed by atoms with Gasteiger partial charge < -0.3 is 10.1 Å². The average molecular weight is 157 g/mol. The van der Waals surface area contributed by atoms with Crippen LogP contribution in [-0.4, -0.2) is 25.3 Å². The fourth-order valence-electron chi connectivity index (χ4n) is 1.59. The highest BCUT2D eigenvalue weighted by Gasteiger charge is 2.29. The van der Waals surface area contributed by atoms with E-state index in [0.717, 1.165) is 6.54 Å². The highest BCUT2D eigenvalue weighted by molar-refractivity contribution is 4.87. The van der Waals surface area contributed by atoms with E-state index in [9.17, 15) is 0 Å². The Hall–Kier alpha value is -0.0800. The van der Waals surface area contributed by atoms with Crippen LogP contribution in [0.5, 0.6) is 0 Å². The molecule has 1 aliphatic rings. The van der Waals surface area contributed by atoms with Crippen molar-refractivity contribution in [1.29, 1.82) is 0 Å². The average Bonchev–Trinajstić information content (AvgIpc) is 2.06. The van der Waals surface area contributed by atoms with Gasteiger partial charge >= 0.3 is 0 Å². The highest BCUT2D eigenvalue weighted by Crippen LogP contribution is 2.21. The summed E-state index contributed by atoms with van der Waals surface area (Å²) in [5.41, 5.74) is 0.000417. The summed E-state index contributed by atoms with van der Waals surface area (Å²) < 4.78 is 5.41. The minimum absolute atomic E-state index is 0.000417. The standard InChI is InChI=1S/C9H19NO/c1-9(2,11-3)8-6-4-5-7-10-8/h8,10H,4-7H2,1-3H3/t8-/m0/s1. The van der Waals surface area contributed by atoms with Gasteiger partial charge in [0.25, 0.3) is 0 Å². The van der Waals surface area contributed by atoms with Crippen LogP contribution in [0.2, 0.25) is 0 Å². The zero-order valence-electron chi connectivity index (χ0n) is 7.81. The molecule has 0 bridgehead atoms. The molecule has 0 aromatic heterocycles. The molecular weight excluding hydrogens is 138 g/mol. The monoisotopic (exact) mass is 157 g/mol. The number of hydrogen-bond donors (Lipinski definition) is 1. The van der Waals surface area contributed by atoms with Crippen molar-refractivity contribution in [2.45, 2.75) is 44.8 Å². The SMILES string of the molecule is COC(C)(C)[C@@H]1CCCCN1. The number of ether oxygens (including phenoxy) is 1.